The highest BCUT2D eigenvalue weighted by Crippen LogP contribution is 2.65. The van der Waals surface area contributed by atoms with E-state index in [1.807, 2.05) is 51.4 Å². The summed E-state index contributed by atoms with van der Waals surface area (Å²) in [7, 11) is -12.3. The van der Waals surface area contributed by atoms with Gasteiger partial charge in [0, 0.05) is 0 Å². The van der Waals surface area contributed by atoms with Crippen LogP contribution in [0.2, 0.25) is 39.3 Å². The molecule has 0 bridgehead atoms. The maximum atomic E-state index is 13.8. The van der Waals surface area contributed by atoms with Gasteiger partial charge in [-0.15, -0.1) is 0 Å². The highest BCUT2D eigenvalue weighted by atomic mass is 31.2. The second-order valence-corrected chi connectivity index (χ2v) is 22.4. The summed E-state index contributed by atoms with van der Waals surface area (Å²) < 4.78 is 50.9. The summed E-state index contributed by atoms with van der Waals surface area (Å²) in [5, 5.41) is 0. The molecule has 0 aliphatic carbocycles. The van der Waals surface area contributed by atoms with Gasteiger partial charge in [0.25, 0.3) is 0 Å². The van der Waals surface area contributed by atoms with Gasteiger partial charge >= 0.3 is 15.2 Å². The molecule has 0 aromatic heterocycles. The number of hydrogen-bond donors (Lipinski definition) is 0. The Kier molecular flexibility index (Phi) is 7.76. The van der Waals surface area contributed by atoms with Crippen LogP contribution in [-0.4, -0.2) is 22.5 Å². The number of benzene rings is 2. The monoisotopic (exact) mass is 472 g/mol. The van der Waals surface area contributed by atoms with Crippen LogP contribution in [0.3, 0.4) is 0 Å². The Morgan fingerprint density at radius 2 is 0.931 bits per heavy atom. The van der Waals surface area contributed by atoms with Gasteiger partial charge in [-0.3, -0.25) is 0 Å². The third-order valence-electron chi connectivity index (χ3n) is 3.15. The fourth-order valence-electron chi connectivity index (χ4n) is 2.48. The van der Waals surface area contributed by atoms with Gasteiger partial charge in [-0.05, 0) is 63.5 Å². The van der Waals surface area contributed by atoms with Crippen molar-refractivity contribution in [2.24, 2.45) is 0 Å². The fraction of sp³-hybridized carbons (Fsp3) is 0.368. The molecule has 10 heteroatoms. The highest BCUT2D eigenvalue weighted by Gasteiger charge is 2.45. The molecule has 2 unspecified atom stereocenters. The second kappa shape index (κ2) is 9.33. The predicted octanol–water partition coefficient (Wildman–Crippen LogP) is 7.19. The smallest absolute Gasteiger partial charge is 0.382 e. The lowest BCUT2D eigenvalue weighted by Gasteiger charge is -2.31. The minimum absolute atomic E-state index is 0.383. The quantitative estimate of drug-likeness (QED) is 0.269. The first-order chi connectivity index (χ1) is 13.3. The number of para-hydroxylation sites is 2. The first kappa shape index (κ1) is 24.1. The molecule has 0 saturated heterocycles. The van der Waals surface area contributed by atoms with E-state index in [9.17, 15) is 9.13 Å². The summed E-state index contributed by atoms with van der Waals surface area (Å²) in [6.07, 6.45) is 0. The largest absolute Gasteiger partial charge is 0.424 e. The van der Waals surface area contributed by atoms with Crippen LogP contribution < -0.4 is 9.05 Å². The van der Waals surface area contributed by atoms with Gasteiger partial charge in [-0.2, -0.15) is 0 Å². The first-order valence-electron chi connectivity index (χ1n) is 9.37. The minimum Gasteiger partial charge on any atom is -0.424 e. The van der Waals surface area contributed by atoms with Gasteiger partial charge in [0.05, 0.1) is 0 Å². The van der Waals surface area contributed by atoms with E-state index in [0.29, 0.717) is 11.5 Å². The fourth-order valence-corrected chi connectivity index (χ4v) is 14.0. The zero-order chi connectivity index (χ0) is 21.8. The normalized spacial score (nSPS) is 16.5. The van der Waals surface area contributed by atoms with Crippen LogP contribution in [0.15, 0.2) is 60.7 Å². The molecule has 0 N–H and O–H groups in total. The first-order valence-corrected chi connectivity index (χ1v) is 19.6. The van der Waals surface area contributed by atoms with Gasteiger partial charge in [0.2, 0.25) is 0 Å². The predicted molar refractivity (Wildman–Crippen MR) is 123 cm³/mol. The lowest BCUT2D eigenvalue weighted by molar-refractivity contribution is 0.369. The maximum Gasteiger partial charge on any atom is 0.382 e. The minimum atomic E-state index is -3.84. The maximum absolute atomic E-state index is 13.8. The topological polar surface area (TPSA) is 71.1 Å². The number of rotatable bonds is 10. The Balaban J connectivity index is 2.40. The van der Waals surface area contributed by atoms with E-state index in [4.69, 9.17) is 17.5 Å². The van der Waals surface area contributed by atoms with Crippen LogP contribution in [0.25, 0.3) is 0 Å². The Labute approximate surface area is 175 Å². The molecule has 29 heavy (non-hydrogen) atoms. The lowest BCUT2D eigenvalue weighted by atomic mass is 10.3. The molecule has 0 heterocycles. The molecular formula is C19H30O6P2Si2. The molecule has 2 atom stereocenters. The second-order valence-electron chi connectivity index (χ2n) is 8.58. The van der Waals surface area contributed by atoms with Crippen molar-refractivity contribution in [3.05, 3.63) is 60.7 Å². The van der Waals surface area contributed by atoms with E-state index in [1.165, 1.54) is 0 Å². The summed E-state index contributed by atoms with van der Waals surface area (Å²) in [6.45, 7) is 11.4. The molecule has 160 valence electrons. The Hall–Kier alpha value is -1.15. The molecule has 0 radical (unpaired) electrons. The van der Waals surface area contributed by atoms with Crippen molar-refractivity contribution in [1.82, 2.24) is 0 Å². The van der Waals surface area contributed by atoms with Crippen molar-refractivity contribution in [3.63, 3.8) is 0 Å². The summed E-state index contributed by atoms with van der Waals surface area (Å²) in [5.41, 5.74) is 0. The van der Waals surface area contributed by atoms with Crippen molar-refractivity contribution in [1.29, 1.82) is 0 Å². The molecule has 2 aromatic rings. The van der Waals surface area contributed by atoms with Crippen LogP contribution in [0.4, 0.5) is 0 Å². The van der Waals surface area contributed by atoms with E-state index >= 15 is 0 Å². The molecule has 0 fully saturated rings. The average Bonchev–Trinajstić information content (AvgIpc) is 2.51. The van der Waals surface area contributed by atoms with Crippen molar-refractivity contribution in [2.45, 2.75) is 39.3 Å². The molecule has 0 amide bonds. The van der Waals surface area contributed by atoms with Crippen molar-refractivity contribution in [2.75, 3.05) is 5.90 Å². The molecule has 2 aromatic carbocycles. The molecule has 0 aliphatic rings. The zero-order valence-corrected chi connectivity index (χ0v) is 21.6. The van der Waals surface area contributed by atoms with Crippen LogP contribution in [0.5, 0.6) is 11.5 Å². The van der Waals surface area contributed by atoms with E-state index in [2.05, 4.69) is 0 Å². The summed E-state index contributed by atoms with van der Waals surface area (Å²) in [4.78, 5) is 0. The molecule has 0 aliphatic heterocycles. The number of hydrogen-bond acceptors (Lipinski definition) is 6. The van der Waals surface area contributed by atoms with Gasteiger partial charge < -0.3 is 17.5 Å². The van der Waals surface area contributed by atoms with E-state index in [0.717, 1.165) is 0 Å². The zero-order valence-electron chi connectivity index (χ0n) is 17.8. The Morgan fingerprint density at radius 3 is 1.21 bits per heavy atom. The van der Waals surface area contributed by atoms with Crippen molar-refractivity contribution >= 4 is 31.8 Å². The van der Waals surface area contributed by atoms with Crippen LogP contribution in [-0.2, 0) is 17.6 Å². The molecule has 0 saturated carbocycles. The van der Waals surface area contributed by atoms with E-state index < -0.39 is 37.7 Å². The summed E-state index contributed by atoms with van der Waals surface area (Å²) >= 11 is 0. The molecule has 2 rings (SSSR count). The third-order valence-corrected chi connectivity index (χ3v) is 13.5. The standard InChI is InChI=1S/C19H30O6P2Si2/c1-28(2,3)24-26(20,22-18-13-9-7-10-14-18)17-27(21,25-29(4,5)6)23-19-15-11-8-12-16-19/h7-16H,17H2,1-6H3. The van der Waals surface area contributed by atoms with Crippen LogP contribution in [0.1, 0.15) is 0 Å². The Morgan fingerprint density at radius 1 is 0.621 bits per heavy atom. The van der Waals surface area contributed by atoms with Gasteiger partial charge in [0.1, 0.15) is 11.5 Å². The van der Waals surface area contributed by atoms with Gasteiger partial charge in [-0.25, -0.2) is 9.13 Å². The van der Waals surface area contributed by atoms with Gasteiger partial charge in [-0.1, -0.05) is 36.4 Å². The Bertz CT molecular complexity index is 806. The van der Waals surface area contributed by atoms with Gasteiger partial charge in [0.15, 0.2) is 22.5 Å². The lowest BCUT2D eigenvalue weighted by Crippen LogP contribution is -2.28. The molecule has 0 spiro atoms. The molecular weight excluding hydrogens is 442 g/mol. The SMILES string of the molecule is C[Si](C)(C)OP(=O)(CP(=O)(Oc1ccccc1)O[Si](C)(C)C)Oc1ccccc1. The van der Waals surface area contributed by atoms with Crippen molar-refractivity contribution in [3.8, 4) is 11.5 Å². The van der Waals surface area contributed by atoms with E-state index in [-0.39, 0.29) is 0 Å². The van der Waals surface area contributed by atoms with Crippen LogP contribution in [0, 0.1) is 0 Å². The third kappa shape index (κ3) is 9.03. The highest BCUT2D eigenvalue weighted by molar-refractivity contribution is 7.73. The van der Waals surface area contributed by atoms with Crippen molar-refractivity contribution < 1.29 is 26.6 Å². The van der Waals surface area contributed by atoms with E-state index in [1.54, 1.807) is 48.5 Å². The van der Waals surface area contributed by atoms with Crippen LogP contribution >= 0.6 is 15.2 Å². The average molecular weight is 473 g/mol. The summed E-state index contributed by atoms with van der Waals surface area (Å²) in [6, 6.07) is 17.5. The molecule has 6 nitrogen and oxygen atoms in total. The summed E-state index contributed by atoms with van der Waals surface area (Å²) in [5.74, 6) is 0.305.